The highest BCUT2D eigenvalue weighted by molar-refractivity contribution is 6.66. The Labute approximate surface area is 94.8 Å². The average molecular weight is 235 g/mol. The fourth-order valence-electron chi connectivity index (χ4n) is 1.30. The van der Waals surface area contributed by atoms with E-state index >= 15 is 0 Å². The smallest absolute Gasteiger partial charge is 0.337 e. The second-order valence-corrected chi connectivity index (χ2v) is 7.21. The van der Waals surface area contributed by atoms with Crippen molar-refractivity contribution in [2.75, 3.05) is 40.6 Å². The molecule has 0 fully saturated rings. The number of hydrogen-bond donors (Lipinski definition) is 0. The second kappa shape index (κ2) is 8.24. The molecule has 0 aromatic heterocycles. The van der Waals surface area contributed by atoms with Crippen LogP contribution in [0.15, 0.2) is 0 Å². The molecule has 0 atom stereocenters. The first-order valence-electron chi connectivity index (χ1n) is 5.54. The second-order valence-electron chi connectivity index (χ2n) is 3.87. The normalized spacial score (nSPS) is 12.4. The van der Waals surface area contributed by atoms with Crippen LogP contribution in [0, 0.1) is 0 Å². The van der Waals surface area contributed by atoms with Gasteiger partial charge in [-0.2, -0.15) is 0 Å². The third-order valence-electron chi connectivity index (χ3n) is 1.95. The van der Waals surface area contributed by atoms with Gasteiger partial charge in [0.15, 0.2) is 0 Å². The fourth-order valence-corrected chi connectivity index (χ4v) is 3.41. The lowest BCUT2D eigenvalue weighted by molar-refractivity contribution is 0.0587. The quantitative estimate of drug-likeness (QED) is 0.345. The SMILES string of the molecule is CCO[Si](C)(CCOCN(C)C)OCC. The topological polar surface area (TPSA) is 30.9 Å². The van der Waals surface area contributed by atoms with Crippen LogP contribution in [0.5, 0.6) is 0 Å². The van der Waals surface area contributed by atoms with Gasteiger partial charge in [0.05, 0.1) is 13.3 Å². The van der Waals surface area contributed by atoms with Crippen molar-refractivity contribution in [2.45, 2.75) is 26.4 Å². The Morgan fingerprint density at radius 3 is 2.00 bits per heavy atom. The van der Waals surface area contributed by atoms with Gasteiger partial charge in [0.25, 0.3) is 0 Å². The molecule has 0 rings (SSSR count). The van der Waals surface area contributed by atoms with Crippen molar-refractivity contribution in [3.05, 3.63) is 0 Å². The van der Waals surface area contributed by atoms with E-state index in [4.69, 9.17) is 13.6 Å². The van der Waals surface area contributed by atoms with Crippen LogP contribution in [0.2, 0.25) is 12.6 Å². The molecule has 0 spiro atoms. The lowest BCUT2D eigenvalue weighted by Crippen LogP contribution is -2.40. The summed E-state index contributed by atoms with van der Waals surface area (Å²) in [6.07, 6.45) is 0. The first-order chi connectivity index (χ1) is 7.04. The zero-order chi connectivity index (χ0) is 11.7. The van der Waals surface area contributed by atoms with Gasteiger partial charge in [-0.1, -0.05) is 0 Å². The molecular weight excluding hydrogens is 210 g/mol. The van der Waals surface area contributed by atoms with Crippen molar-refractivity contribution in [3.8, 4) is 0 Å². The van der Waals surface area contributed by atoms with E-state index in [-0.39, 0.29) is 0 Å². The van der Waals surface area contributed by atoms with Crippen LogP contribution >= 0.6 is 0 Å². The van der Waals surface area contributed by atoms with E-state index in [9.17, 15) is 0 Å². The summed E-state index contributed by atoms with van der Waals surface area (Å²) in [4.78, 5) is 2.00. The number of hydrogen-bond acceptors (Lipinski definition) is 4. The van der Waals surface area contributed by atoms with Crippen LogP contribution in [0.1, 0.15) is 13.8 Å². The molecule has 0 saturated carbocycles. The van der Waals surface area contributed by atoms with Gasteiger partial charge in [0, 0.05) is 19.3 Å². The number of nitrogens with zero attached hydrogens (tertiary/aromatic N) is 1. The molecule has 92 valence electrons. The molecule has 0 saturated heterocycles. The predicted molar refractivity (Wildman–Crippen MR) is 64.2 cm³/mol. The summed E-state index contributed by atoms with van der Waals surface area (Å²) < 4.78 is 16.9. The van der Waals surface area contributed by atoms with Crippen LogP contribution in [0.25, 0.3) is 0 Å². The summed E-state index contributed by atoms with van der Waals surface area (Å²) in [5, 5.41) is 0. The highest BCUT2D eigenvalue weighted by Crippen LogP contribution is 2.13. The minimum Gasteiger partial charge on any atom is -0.395 e. The molecule has 0 aromatic rings. The lowest BCUT2D eigenvalue weighted by Gasteiger charge is -2.26. The minimum absolute atomic E-state index is 0.655. The summed E-state index contributed by atoms with van der Waals surface area (Å²) in [6, 6.07) is 0.891. The average Bonchev–Trinajstić information content (AvgIpc) is 2.13. The largest absolute Gasteiger partial charge is 0.395 e. The number of rotatable bonds is 9. The van der Waals surface area contributed by atoms with Gasteiger partial charge >= 0.3 is 8.56 Å². The van der Waals surface area contributed by atoms with Crippen LogP contribution in [-0.4, -0.2) is 54.1 Å². The van der Waals surface area contributed by atoms with Crippen molar-refractivity contribution >= 4 is 8.56 Å². The maximum absolute atomic E-state index is 5.70. The van der Waals surface area contributed by atoms with E-state index in [2.05, 4.69) is 6.55 Å². The summed E-state index contributed by atoms with van der Waals surface area (Å²) >= 11 is 0. The van der Waals surface area contributed by atoms with Gasteiger partial charge in [-0.05, 0) is 34.5 Å². The predicted octanol–water partition coefficient (Wildman–Crippen LogP) is 1.67. The molecule has 0 bridgehead atoms. The molecule has 0 N–H and O–H groups in total. The Kier molecular flexibility index (Phi) is 8.27. The van der Waals surface area contributed by atoms with Gasteiger partial charge in [0.2, 0.25) is 0 Å². The third-order valence-corrected chi connectivity index (χ3v) is 4.86. The molecule has 0 radical (unpaired) electrons. The lowest BCUT2D eigenvalue weighted by atomic mass is 10.8. The van der Waals surface area contributed by atoms with Gasteiger partial charge in [-0.25, -0.2) is 0 Å². The van der Waals surface area contributed by atoms with Crippen LogP contribution < -0.4 is 0 Å². The standard InChI is InChI=1S/C10H25NO3Si/c1-6-13-15(5,14-7-2)9-8-12-10-11(3)4/h6-10H2,1-5H3. The highest BCUT2D eigenvalue weighted by atomic mass is 28.4. The van der Waals surface area contributed by atoms with Gasteiger partial charge in [-0.15, -0.1) is 0 Å². The summed E-state index contributed by atoms with van der Waals surface area (Å²) in [7, 11) is 2.01. The Morgan fingerprint density at radius 1 is 1.07 bits per heavy atom. The van der Waals surface area contributed by atoms with Gasteiger partial charge in [-0.3, -0.25) is 4.90 Å². The Bertz CT molecular complexity index is 150. The molecule has 5 heteroatoms. The van der Waals surface area contributed by atoms with Crippen LogP contribution in [0.4, 0.5) is 0 Å². The Balaban J connectivity index is 3.75. The molecule has 15 heavy (non-hydrogen) atoms. The zero-order valence-corrected chi connectivity index (χ0v) is 11.7. The number of ether oxygens (including phenoxy) is 1. The molecule has 0 aliphatic heterocycles. The van der Waals surface area contributed by atoms with Crippen molar-refractivity contribution in [3.63, 3.8) is 0 Å². The van der Waals surface area contributed by atoms with Crippen molar-refractivity contribution in [2.24, 2.45) is 0 Å². The van der Waals surface area contributed by atoms with Crippen molar-refractivity contribution in [1.82, 2.24) is 4.90 Å². The molecule has 0 aliphatic carbocycles. The van der Waals surface area contributed by atoms with E-state index < -0.39 is 8.56 Å². The van der Waals surface area contributed by atoms with E-state index in [1.807, 2.05) is 32.8 Å². The fraction of sp³-hybridized carbons (Fsp3) is 1.00. The van der Waals surface area contributed by atoms with Crippen LogP contribution in [0.3, 0.4) is 0 Å². The van der Waals surface area contributed by atoms with Gasteiger partial charge in [0.1, 0.15) is 0 Å². The molecule has 0 heterocycles. The summed E-state index contributed by atoms with van der Waals surface area (Å²) in [5.41, 5.74) is 0. The van der Waals surface area contributed by atoms with Crippen molar-refractivity contribution < 1.29 is 13.6 Å². The monoisotopic (exact) mass is 235 g/mol. The van der Waals surface area contributed by atoms with Crippen molar-refractivity contribution in [1.29, 1.82) is 0 Å². The molecule has 0 amide bonds. The first kappa shape index (κ1) is 15.1. The Hall–Kier alpha value is 0.0569. The third kappa shape index (κ3) is 7.93. The molecule has 0 unspecified atom stereocenters. The molecule has 0 aliphatic rings. The minimum atomic E-state index is -1.96. The molecule has 0 aromatic carbocycles. The van der Waals surface area contributed by atoms with Crippen LogP contribution in [-0.2, 0) is 13.6 Å². The van der Waals surface area contributed by atoms with E-state index in [0.717, 1.165) is 19.3 Å². The van der Waals surface area contributed by atoms with E-state index in [1.54, 1.807) is 0 Å². The molecule has 4 nitrogen and oxygen atoms in total. The van der Waals surface area contributed by atoms with Gasteiger partial charge < -0.3 is 13.6 Å². The highest BCUT2D eigenvalue weighted by Gasteiger charge is 2.30. The molecular formula is C10H25NO3Si. The maximum Gasteiger partial charge on any atom is 0.337 e. The van der Waals surface area contributed by atoms with E-state index in [1.165, 1.54) is 0 Å². The Morgan fingerprint density at radius 2 is 1.60 bits per heavy atom. The maximum atomic E-state index is 5.70. The van der Waals surface area contributed by atoms with E-state index in [0.29, 0.717) is 13.3 Å². The zero-order valence-electron chi connectivity index (χ0n) is 10.7. The first-order valence-corrected chi connectivity index (χ1v) is 8.06. The summed E-state index contributed by atoms with van der Waals surface area (Å²) in [5.74, 6) is 0. The summed E-state index contributed by atoms with van der Waals surface area (Å²) in [6.45, 7) is 8.91.